The standard InChI is InChI=1S/C14H18N2S/c1-15-14(9-5-2-6-10-14)13-16-11-7-3-4-8-12(11)17-13/h3-4,7-8,15H,2,5-6,9-10H2,1H3. The van der Waals surface area contributed by atoms with Crippen LogP contribution in [0.2, 0.25) is 0 Å². The second kappa shape index (κ2) is 4.39. The molecule has 0 radical (unpaired) electrons. The Bertz CT molecular complexity index is 479. The predicted molar refractivity (Wildman–Crippen MR) is 73.4 cm³/mol. The van der Waals surface area contributed by atoms with Crippen molar-refractivity contribution in [2.45, 2.75) is 37.6 Å². The molecule has 2 aromatic rings. The van der Waals surface area contributed by atoms with Crippen molar-refractivity contribution in [1.82, 2.24) is 10.3 Å². The van der Waals surface area contributed by atoms with Crippen molar-refractivity contribution < 1.29 is 0 Å². The average molecular weight is 246 g/mol. The van der Waals surface area contributed by atoms with E-state index in [0.717, 1.165) is 5.52 Å². The highest BCUT2D eigenvalue weighted by atomic mass is 32.1. The summed E-state index contributed by atoms with van der Waals surface area (Å²) < 4.78 is 1.31. The van der Waals surface area contributed by atoms with Gasteiger partial charge in [-0.2, -0.15) is 0 Å². The van der Waals surface area contributed by atoms with Crippen LogP contribution in [0, 0.1) is 0 Å². The van der Waals surface area contributed by atoms with Gasteiger partial charge in [0.15, 0.2) is 0 Å². The van der Waals surface area contributed by atoms with Gasteiger partial charge in [0.2, 0.25) is 0 Å². The fourth-order valence-electron chi connectivity index (χ4n) is 2.80. The minimum Gasteiger partial charge on any atom is -0.308 e. The number of para-hydroxylation sites is 1. The molecule has 1 aromatic heterocycles. The smallest absolute Gasteiger partial charge is 0.114 e. The molecule has 3 heteroatoms. The Labute approximate surface area is 106 Å². The first-order valence-electron chi connectivity index (χ1n) is 6.39. The minimum absolute atomic E-state index is 0.141. The average Bonchev–Trinajstić information content (AvgIpc) is 2.84. The molecule has 1 aromatic carbocycles. The Morgan fingerprint density at radius 3 is 2.65 bits per heavy atom. The summed E-state index contributed by atoms with van der Waals surface area (Å²) in [5, 5.41) is 4.82. The molecule has 2 nitrogen and oxygen atoms in total. The van der Waals surface area contributed by atoms with Crippen molar-refractivity contribution >= 4 is 21.6 Å². The second-order valence-corrected chi connectivity index (χ2v) is 5.91. The minimum atomic E-state index is 0.141. The molecule has 90 valence electrons. The quantitative estimate of drug-likeness (QED) is 0.874. The fourth-order valence-corrected chi connectivity index (χ4v) is 4.02. The lowest BCUT2D eigenvalue weighted by Crippen LogP contribution is -2.41. The molecule has 0 bridgehead atoms. The van der Waals surface area contributed by atoms with Gasteiger partial charge in [-0.15, -0.1) is 11.3 Å². The molecule has 0 amide bonds. The summed E-state index contributed by atoms with van der Waals surface area (Å²) in [6.07, 6.45) is 6.45. The summed E-state index contributed by atoms with van der Waals surface area (Å²) in [5.74, 6) is 0. The highest BCUT2D eigenvalue weighted by molar-refractivity contribution is 7.18. The van der Waals surface area contributed by atoms with Gasteiger partial charge in [0.1, 0.15) is 5.01 Å². The van der Waals surface area contributed by atoms with Gasteiger partial charge in [0, 0.05) is 0 Å². The Balaban J connectivity index is 2.05. The largest absolute Gasteiger partial charge is 0.308 e. The number of fused-ring (bicyclic) bond motifs is 1. The van der Waals surface area contributed by atoms with E-state index in [1.807, 2.05) is 11.3 Å². The van der Waals surface area contributed by atoms with Gasteiger partial charge < -0.3 is 5.32 Å². The van der Waals surface area contributed by atoms with Crippen LogP contribution >= 0.6 is 11.3 Å². The number of benzene rings is 1. The summed E-state index contributed by atoms with van der Waals surface area (Å²) in [6, 6.07) is 8.44. The van der Waals surface area contributed by atoms with Crippen molar-refractivity contribution in [3.63, 3.8) is 0 Å². The summed E-state index contributed by atoms with van der Waals surface area (Å²) in [6.45, 7) is 0. The summed E-state index contributed by atoms with van der Waals surface area (Å²) in [7, 11) is 2.08. The number of rotatable bonds is 2. The van der Waals surface area contributed by atoms with E-state index in [1.54, 1.807) is 0 Å². The highest BCUT2D eigenvalue weighted by Crippen LogP contribution is 2.40. The van der Waals surface area contributed by atoms with Gasteiger partial charge in [-0.3, -0.25) is 0 Å². The molecule has 0 unspecified atom stereocenters. The molecule has 17 heavy (non-hydrogen) atoms. The third kappa shape index (κ3) is 1.87. The molecule has 0 spiro atoms. The zero-order valence-electron chi connectivity index (χ0n) is 10.2. The lowest BCUT2D eigenvalue weighted by atomic mass is 9.82. The normalized spacial score (nSPS) is 19.6. The van der Waals surface area contributed by atoms with Crippen molar-refractivity contribution in [3.05, 3.63) is 29.3 Å². The number of nitrogens with one attached hydrogen (secondary N) is 1. The van der Waals surface area contributed by atoms with Crippen LogP contribution in [-0.2, 0) is 5.54 Å². The van der Waals surface area contributed by atoms with Gasteiger partial charge in [0.05, 0.1) is 15.8 Å². The lowest BCUT2D eigenvalue weighted by Gasteiger charge is -2.35. The van der Waals surface area contributed by atoms with E-state index in [2.05, 4.69) is 36.6 Å². The Morgan fingerprint density at radius 1 is 1.18 bits per heavy atom. The molecule has 1 aliphatic carbocycles. The van der Waals surface area contributed by atoms with Crippen LogP contribution in [0.25, 0.3) is 10.2 Å². The van der Waals surface area contributed by atoms with E-state index in [0.29, 0.717) is 0 Å². The van der Waals surface area contributed by atoms with Crippen molar-refractivity contribution in [2.24, 2.45) is 0 Å². The van der Waals surface area contributed by atoms with Gasteiger partial charge in [-0.25, -0.2) is 4.98 Å². The zero-order chi connectivity index (χ0) is 11.7. The molecule has 1 N–H and O–H groups in total. The van der Waals surface area contributed by atoms with Crippen molar-refractivity contribution in [3.8, 4) is 0 Å². The number of nitrogens with zero attached hydrogens (tertiary/aromatic N) is 1. The molecule has 1 heterocycles. The van der Waals surface area contributed by atoms with Crippen molar-refractivity contribution in [1.29, 1.82) is 0 Å². The first-order valence-corrected chi connectivity index (χ1v) is 7.21. The monoisotopic (exact) mass is 246 g/mol. The first-order chi connectivity index (χ1) is 8.34. The zero-order valence-corrected chi connectivity index (χ0v) is 11.0. The van der Waals surface area contributed by atoms with E-state index in [9.17, 15) is 0 Å². The van der Waals surface area contributed by atoms with Gasteiger partial charge in [0.25, 0.3) is 0 Å². The van der Waals surface area contributed by atoms with Crippen LogP contribution in [0.5, 0.6) is 0 Å². The maximum absolute atomic E-state index is 4.84. The topological polar surface area (TPSA) is 24.9 Å². The molecule has 1 fully saturated rings. The van der Waals surface area contributed by atoms with E-state index in [-0.39, 0.29) is 5.54 Å². The van der Waals surface area contributed by atoms with Gasteiger partial charge in [-0.1, -0.05) is 31.4 Å². The van der Waals surface area contributed by atoms with E-state index < -0.39 is 0 Å². The Kier molecular flexibility index (Phi) is 2.89. The van der Waals surface area contributed by atoms with E-state index in [4.69, 9.17) is 4.98 Å². The molecular formula is C14H18N2S. The second-order valence-electron chi connectivity index (χ2n) is 4.88. The third-order valence-corrected chi connectivity index (χ3v) is 5.13. The Hall–Kier alpha value is -0.930. The highest BCUT2D eigenvalue weighted by Gasteiger charge is 2.35. The number of aromatic nitrogens is 1. The summed E-state index contributed by atoms with van der Waals surface area (Å²) in [4.78, 5) is 4.84. The maximum Gasteiger partial charge on any atom is 0.114 e. The Morgan fingerprint density at radius 2 is 1.94 bits per heavy atom. The molecular weight excluding hydrogens is 228 g/mol. The third-order valence-electron chi connectivity index (χ3n) is 3.89. The van der Waals surface area contributed by atoms with Crippen LogP contribution in [-0.4, -0.2) is 12.0 Å². The summed E-state index contributed by atoms with van der Waals surface area (Å²) in [5.41, 5.74) is 1.29. The first kappa shape index (κ1) is 11.2. The molecule has 1 saturated carbocycles. The van der Waals surface area contributed by atoms with Crippen LogP contribution in [0.4, 0.5) is 0 Å². The lowest BCUT2D eigenvalue weighted by molar-refractivity contribution is 0.250. The number of hydrogen-bond donors (Lipinski definition) is 1. The van der Waals surface area contributed by atoms with E-state index >= 15 is 0 Å². The molecule has 0 saturated heterocycles. The van der Waals surface area contributed by atoms with Crippen LogP contribution in [0.15, 0.2) is 24.3 Å². The summed E-state index contributed by atoms with van der Waals surface area (Å²) >= 11 is 1.85. The van der Waals surface area contributed by atoms with E-state index in [1.165, 1.54) is 41.8 Å². The van der Waals surface area contributed by atoms with Gasteiger partial charge >= 0.3 is 0 Å². The number of thiazole rings is 1. The van der Waals surface area contributed by atoms with Crippen LogP contribution in [0.1, 0.15) is 37.1 Å². The molecule has 3 rings (SSSR count). The molecule has 0 aliphatic heterocycles. The van der Waals surface area contributed by atoms with Gasteiger partial charge in [-0.05, 0) is 32.0 Å². The molecule has 1 aliphatic rings. The SMILES string of the molecule is CNC1(c2nc3ccccc3s2)CCCCC1. The molecule has 0 atom stereocenters. The fraction of sp³-hybridized carbons (Fsp3) is 0.500. The van der Waals surface area contributed by atoms with Crippen LogP contribution in [0.3, 0.4) is 0 Å². The van der Waals surface area contributed by atoms with Crippen molar-refractivity contribution in [2.75, 3.05) is 7.05 Å². The van der Waals surface area contributed by atoms with Crippen LogP contribution < -0.4 is 5.32 Å². The predicted octanol–water partition coefficient (Wildman–Crippen LogP) is 3.68. The number of hydrogen-bond acceptors (Lipinski definition) is 3. The maximum atomic E-state index is 4.84.